The summed E-state index contributed by atoms with van der Waals surface area (Å²) in [5, 5.41) is 1.01. The maximum Gasteiger partial charge on any atom is 0.254 e. The smallest absolute Gasteiger partial charge is 0.254 e. The summed E-state index contributed by atoms with van der Waals surface area (Å²) in [5.41, 5.74) is 2.62. The van der Waals surface area contributed by atoms with Gasteiger partial charge in [-0.05, 0) is 30.7 Å². The molecule has 1 amide bonds. The maximum atomic E-state index is 11.9. The van der Waals surface area contributed by atoms with Gasteiger partial charge >= 0.3 is 0 Å². The lowest BCUT2D eigenvalue weighted by molar-refractivity contribution is 0.0827. The number of fused-ring (bicyclic) bond motifs is 1. The van der Waals surface area contributed by atoms with Crippen LogP contribution in [0.5, 0.6) is 0 Å². The molecular formula is C13H13BrN2O. The third-order valence-corrected chi connectivity index (χ3v) is 3.58. The van der Waals surface area contributed by atoms with Crippen LogP contribution >= 0.6 is 15.9 Å². The van der Waals surface area contributed by atoms with Crippen LogP contribution < -0.4 is 0 Å². The zero-order valence-electron chi connectivity index (χ0n) is 9.99. The van der Waals surface area contributed by atoms with Crippen molar-refractivity contribution in [1.29, 1.82) is 0 Å². The quantitative estimate of drug-likeness (QED) is 0.809. The number of nitrogens with zero attached hydrogens (tertiary/aromatic N) is 2. The number of carbonyl (C=O) groups excluding carboxylic acids is 1. The minimum Gasteiger partial charge on any atom is -0.345 e. The minimum atomic E-state index is -0.0289. The van der Waals surface area contributed by atoms with Gasteiger partial charge in [0.05, 0.1) is 11.1 Å². The molecule has 88 valence electrons. The summed E-state index contributed by atoms with van der Waals surface area (Å²) in [6.45, 7) is 2.01. The lowest BCUT2D eigenvalue weighted by atomic mass is 10.1. The van der Waals surface area contributed by atoms with Crippen molar-refractivity contribution in [2.45, 2.75) is 6.92 Å². The Morgan fingerprint density at radius 3 is 2.71 bits per heavy atom. The van der Waals surface area contributed by atoms with Crippen molar-refractivity contribution in [3.63, 3.8) is 0 Å². The highest BCUT2D eigenvalue weighted by Crippen LogP contribution is 2.25. The molecule has 0 atom stereocenters. The fourth-order valence-electron chi connectivity index (χ4n) is 1.69. The number of aromatic nitrogens is 1. The molecule has 0 saturated carbocycles. The molecule has 1 aromatic heterocycles. The van der Waals surface area contributed by atoms with Crippen molar-refractivity contribution < 1.29 is 4.79 Å². The van der Waals surface area contributed by atoms with Crippen LogP contribution in [0.2, 0.25) is 0 Å². The molecule has 0 aliphatic heterocycles. The number of pyridine rings is 1. The Balaban J connectivity index is 2.64. The van der Waals surface area contributed by atoms with Gasteiger partial charge in [0.25, 0.3) is 5.91 Å². The summed E-state index contributed by atoms with van der Waals surface area (Å²) in [7, 11) is 3.47. The molecule has 2 rings (SSSR count). The normalized spacial score (nSPS) is 10.6. The third kappa shape index (κ3) is 2.17. The third-order valence-electron chi connectivity index (χ3n) is 2.72. The van der Waals surface area contributed by atoms with Gasteiger partial charge in [0, 0.05) is 30.2 Å². The highest BCUT2D eigenvalue weighted by Gasteiger charge is 2.10. The molecule has 4 heteroatoms. The molecule has 0 bridgehead atoms. The molecule has 1 aromatic carbocycles. The van der Waals surface area contributed by atoms with Gasteiger partial charge in [-0.15, -0.1) is 0 Å². The van der Waals surface area contributed by atoms with E-state index in [4.69, 9.17) is 0 Å². The van der Waals surface area contributed by atoms with Crippen LogP contribution in [0.25, 0.3) is 10.9 Å². The van der Waals surface area contributed by atoms with E-state index in [9.17, 15) is 4.79 Å². The topological polar surface area (TPSA) is 33.2 Å². The highest BCUT2D eigenvalue weighted by atomic mass is 79.9. The second kappa shape index (κ2) is 4.45. The molecule has 0 unspecified atom stereocenters. The molecule has 0 aliphatic carbocycles. The summed E-state index contributed by atoms with van der Waals surface area (Å²) in [6, 6.07) is 5.80. The lowest BCUT2D eigenvalue weighted by Crippen LogP contribution is -2.21. The van der Waals surface area contributed by atoms with Crippen LogP contribution in [0.3, 0.4) is 0 Å². The predicted molar refractivity (Wildman–Crippen MR) is 72.2 cm³/mol. The van der Waals surface area contributed by atoms with Gasteiger partial charge in [-0.25, -0.2) is 0 Å². The molecule has 0 radical (unpaired) electrons. The van der Waals surface area contributed by atoms with Crippen LogP contribution in [0.4, 0.5) is 0 Å². The molecule has 0 spiro atoms. The largest absolute Gasteiger partial charge is 0.345 e. The molecule has 0 saturated heterocycles. The zero-order valence-corrected chi connectivity index (χ0v) is 11.6. The number of hydrogen-bond acceptors (Lipinski definition) is 2. The second-order valence-electron chi connectivity index (χ2n) is 4.16. The number of halogens is 1. The fourth-order valence-corrected chi connectivity index (χ4v) is 2.04. The van der Waals surface area contributed by atoms with Crippen molar-refractivity contribution in [2.75, 3.05) is 14.1 Å². The number of carbonyl (C=O) groups is 1. The molecule has 1 heterocycles. The van der Waals surface area contributed by atoms with E-state index in [1.165, 1.54) is 0 Å². The van der Waals surface area contributed by atoms with Crippen molar-refractivity contribution in [3.05, 3.63) is 40.0 Å². The summed E-state index contributed by atoms with van der Waals surface area (Å²) < 4.78 is 1.03. The van der Waals surface area contributed by atoms with Gasteiger partial charge < -0.3 is 4.90 Å². The van der Waals surface area contributed by atoms with Crippen molar-refractivity contribution >= 4 is 32.7 Å². The summed E-state index contributed by atoms with van der Waals surface area (Å²) in [5.74, 6) is -0.0289. The molecule has 0 fully saturated rings. The molecule has 2 aromatic rings. The van der Waals surface area contributed by atoms with E-state index in [2.05, 4.69) is 20.9 Å². The SMILES string of the molecule is Cc1c(Br)ccc2ncc(C(=O)N(C)C)cc12. The molecule has 3 nitrogen and oxygen atoms in total. The Bertz CT molecular complexity index is 593. The second-order valence-corrected chi connectivity index (χ2v) is 5.02. The number of hydrogen-bond donors (Lipinski definition) is 0. The maximum absolute atomic E-state index is 11.9. The number of aryl methyl sites for hydroxylation is 1. The van der Waals surface area contributed by atoms with Gasteiger partial charge in [0.15, 0.2) is 0 Å². The zero-order chi connectivity index (χ0) is 12.6. The van der Waals surface area contributed by atoms with Gasteiger partial charge in [-0.2, -0.15) is 0 Å². The average Bonchev–Trinajstić information content (AvgIpc) is 2.32. The van der Waals surface area contributed by atoms with E-state index >= 15 is 0 Å². The Morgan fingerprint density at radius 2 is 2.06 bits per heavy atom. The minimum absolute atomic E-state index is 0.0289. The van der Waals surface area contributed by atoms with Gasteiger partial charge in [0.2, 0.25) is 0 Å². The van der Waals surface area contributed by atoms with E-state index in [0.717, 1.165) is 20.9 Å². The monoisotopic (exact) mass is 292 g/mol. The number of amides is 1. The van der Waals surface area contributed by atoms with E-state index in [1.54, 1.807) is 25.2 Å². The van der Waals surface area contributed by atoms with Crippen LogP contribution in [0.15, 0.2) is 28.9 Å². The first-order valence-electron chi connectivity index (χ1n) is 5.27. The van der Waals surface area contributed by atoms with Crippen LogP contribution in [-0.4, -0.2) is 29.9 Å². The number of rotatable bonds is 1. The Labute approximate surface area is 109 Å². The predicted octanol–water partition coefficient (Wildman–Crippen LogP) is 3.01. The van der Waals surface area contributed by atoms with Crippen LogP contribution in [0.1, 0.15) is 15.9 Å². The summed E-state index contributed by atoms with van der Waals surface area (Å²) in [4.78, 5) is 17.7. The lowest BCUT2D eigenvalue weighted by Gasteiger charge is -2.11. The summed E-state index contributed by atoms with van der Waals surface area (Å²) >= 11 is 3.48. The first kappa shape index (κ1) is 12.0. The van der Waals surface area contributed by atoms with Crippen molar-refractivity contribution in [2.24, 2.45) is 0 Å². The first-order valence-corrected chi connectivity index (χ1v) is 6.06. The van der Waals surface area contributed by atoms with E-state index in [-0.39, 0.29) is 5.91 Å². The molecule has 17 heavy (non-hydrogen) atoms. The van der Waals surface area contributed by atoms with Crippen LogP contribution in [-0.2, 0) is 0 Å². The van der Waals surface area contributed by atoms with Crippen LogP contribution in [0, 0.1) is 6.92 Å². The average molecular weight is 293 g/mol. The Hall–Kier alpha value is -1.42. The van der Waals surface area contributed by atoms with Crippen molar-refractivity contribution in [1.82, 2.24) is 9.88 Å². The Kier molecular flexibility index (Phi) is 3.15. The van der Waals surface area contributed by atoms with Gasteiger partial charge in [-0.1, -0.05) is 15.9 Å². The summed E-state index contributed by atoms with van der Waals surface area (Å²) in [6.07, 6.45) is 1.62. The first-order chi connectivity index (χ1) is 8.00. The molecular weight excluding hydrogens is 280 g/mol. The van der Waals surface area contributed by atoms with Gasteiger partial charge in [-0.3, -0.25) is 9.78 Å². The number of benzene rings is 1. The van der Waals surface area contributed by atoms with Crippen molar-refractivity contribution in [3.8, 4) is 0 Å². The Morgan fingerprint density at radius 1 is 1.35 bits per heavy atom. The molecule has 0 aliphatic rings. The van der Waals surface area contributed by atoms with Gasteiger partial charge in [0.1, 0.15) is 0 Å². The standard InChI is InChI=1S/C13H13BrN2O/c1-8-10-6-9(13(17)16(2)3)7-15-12(10)5-4-11(8)14/h4-7H,1-3H3. The highest BCUT2D eigenvalue weighted by molar-refractivity contribution is 9.10. The van der Waals surface area contributed by atoms with E-state index in [0.29, 0.717) is 5.56 Å². The fraction of sp³-hybridized carbons (Fsp3) is 0.231. The molecule has 0 N–H and O–H groups in total. The van der Waals surface area contributed by atoms with E-state index < -0.39 is 0 Å². The van der Waals surface area contributed by atoms with E-state index in [1.807, 2.05) is 25.1 Å².